The second-order valence-corrected chi connectivity index (χ2v) is 50.7. The Balaban J connectivity index is 8.49. The van der Waals surface area contributed by atoms with E-state index >= 15 is 18.3 Å². The molecule has 0 N–H and O–H groups in total. The van der Waals surface area contributed by atoms with Crippen LogP contribution in [0, 0.1) is 0 Å². The van der Waals surface area contributed by atoms with Gasteiger partial charge >= 0.3 is 30.4 Å². The Morgan fingerprint density at radius 3 is 0.405 bits per heavy atom. The fourth-order valence-electron chi connectivity index (χ4n) is 18.8. The molecule has 0 fully saturated rings. The van der Waals surface area contributed by atoms with E-state index in [4.69, 9.17) is 31.5 Å². The average Bonchev–Trinajstić information content (AvgIpc) is 0.752. The average molecular weight is 1930 g/mol. The van der Waals surface area contributed by atoms with Crippen LogP contribution < -0.4 is 0 Å². The van der Waals surface area contributed by atoms with Gasteiger partial charge in [0.15, 0.2) is 10.8 Å². The van der Waals surface area contributed by atoms with Gasteiger partial charge in [0, 0.05) is 0 Å². The third-order valence-corrected chi connectivity index (χ3v) is 40.2. The van der Waals surface area contributed by atoms with Crippen LogP contribution in [0.25, 0.3) is 0 Å². The Hall–Kier alpha value is 0.120. The molecular formula is C116H234O11P4. The highest BCUT2D eigenvalue weighted by atomic mass is 31.3. The zero-order valence-corrected chi connectivity index (χ0v) is 93.4. The summed E-state index contributed by atoms with van der Waals surface area (Å²) in [6.45, 7) is 19.0. The summed E-state index contributed by atoms with van der Waals surface area (Å²) in [4.78, 5) is 0. The van der Waals surface area contributed by atoms with Gasteiger partial charge in [-0.3, -0.25) is 18.3 Å². The van der Waals surface area contributed by atoms with Gasteiger partial charge in [-0.2, -0.15) is 0 Å². The molecule has 0 radical (unpaired) electrons. The van der Waals surface area contributed by atoms with Gasteiger partial charge in [-0.1, -0.05) is 593 Å². The molecule has 0 rings (SSSR count). The fourth-order valence-corrected chi connectivity index (χ4v) is 31.5. The molecule has 0 aromatic heterocycles. The van der Waals surface area contributed by atoms with Crippen LogP contribution in [0.15, 0.2) is 24.3 Å². The van der Waals surface area contributed by atoms with E-state index in [1.807, 2.05) is 0 Å². The largest absolute Gasteiger partial charge is 0.352 e. The van der Waals surface area contributed by atoms with Crippen molar-refractivity contribution in [3.8, 4) is 0 Å². The summed E-state index contributed by atoms with van der Waals surface area (Å²) in [6.07, 6.45) is 118. The smallest absolute Gasteiger partial charge is 0.308 e. The first-order valence-electron chi connectivity index (χ1n) is 59.7. The Labute approximate surface area is 821 Å². The van der Waals surface area contributed by atoms with Gasteiger partial charge in [-0.15, -0.1) is 0 Å². The van der Waals surface area contributed by atoms with Gasteiger partial charge in [-0.25, -0.2) is 4.31 Å². The summed E-state index contributed by atoms with van der Waals surface area (Å²) in [5, 5.41) is -2.80. The lowest BCUT2D eigenvalue weighted by molar-refractivity contribution is 0.179. The van der Waals surface area contributed by atoms with Gasteiger partial charge in [0.05, 0.1) is 39.6 Å². The third-order valence-electron chi connectivity index (χ3n) is 27.8. The Morgan fingerprint density at radius 1 is 0.145 bits per heavy atom. The first kappa shape index (κ1) is 131. The van der Waals surface area contributed by atoms with Crippen molar-refractivity contribution >= 4 is 30.4 Å². The monoisotopic (exact) mass is 1930 g/mol. The van der Waals surface area contributed by atoms with Crippen molar-refractivity contribution in [3.63, 3.8) is 0 Å². The Kier molecular flexibility index (Phi) is 106. The van der Waals surface area contributed by atoms with Crippen molar-refractivity contribution < 1.29 is 49.7 Å². The van der Waals surface area contributed by atoms with Gasteiger partial charge < -0.3 is 27.1 Å². The van der Waals surface area contributed by atoms with E-state index in [0.717, 1.165) is 180 Å². The van der Waals surface area contributed by atoms with E-state index < -0.39 is 41.2 Å². The van der Waals surface area contributed by atoms with Crippen LogP contribution in [0.2, 0.25) is 0 Å². The molecule has 784 valence electrons. The van der Waals surface area contributed by atoms with Gasteiger partial charge in [0.25, 0.3) is 0 Å². The zero-order chi connectivity index (χ0) is 95.1. The summed E-state index contributed by atoms with van der Waals surface area (Å²) < 4.78 is 120. The van der Waals surface area contributed by atoms with Gasteiger partial charge in [-0.05, 0) is 103 Å². The summed E-state index contributed by atoms with van der Waals surface area (Å²) in [6, 6.07) is 0. The van der Waals surface area contributed by atoms with Crippen LogP contribution in [0.1, 0.15) is 672 Å². The van der Waals surface area contributed by atoms with E-state index in [1.165, 1.54) is 372 Å². The van der Waals surface area contributed by atoms with E-state index in [2.05, 4.69) is 79.7 Å². The summed E-state index contributed by atoms with van der Waals surface area (Å²) >= 11 is 0. The van der Waals surface area contributed by atoms with E-state index in [0.29, 0.717) is 51.4 Å². The van der Waals surface area contributed by atoms with Crippen molar-refractivity contribution in [1.29, 1.82) is 0 Å². The summed E-state index contributed by atoms with van der Waals surface area (Å²) in [5.41, 5.74) is 0. The first-order chi connectivity index (χ1) is 64.5. The lowest BCUT2D eigenvalue weighted by atomic mass is 10.0. The molecule has 0 heterocycles. The van der Waals surface area contributed by atoms with Crippen LogP contribution in [-0.4, -0.2) is 50.4 Å². The molecule has 0 amide bonds. The second kappa shape index (κ2) is 106. The van der Waals surface area contributed by atoms with Crippen molar-refractivity contribution in [3.05, 3.63) is 24.3 Å². The Bertz CT molecular complexity index is 2400. The van der Waals surface area contributed by atoms with Crippen LogP contribution in [0.5, 0.6) is 0 Å². The van der Waals surface area contributed by atoms with Crippen molar-refractivity contribution in [2.45, 2.75) is 683 Å². The topological polar surface area (TPSA) is 133 Å². The van der Waals surface area contributed by atoms with Crippen molar-refractivity contribution in [2.24, 2.45) is 0 Å². The third kappa shape index (κ3) is 87.6. The Morgan fingerprint density at radius 2 is 0.260 bits per heavy atom. The second-order valence-electron chi connectivity index (χ2n) is 40.9. The minimum absolute atomic E-state index is 0.0516. The molecule has 11 nitrogen and oxygen atoms in total. The minimum atomic E-state index is -4.95. The molecule has 0 aliphatic rings. The van der Waals surface area contributed by atoms with E-state index in [9.17, 15) is 0 Å². The molecule has 0 saturated heterocycles. The fraction of sp³-hybridized carbons (Fsp3) is 0.966. The molecule has 0 aliphatic carbocycles. The summed E-state index contributed by atoms with van der Waals surface area (Å²) in [7, 11) is -18.8. The number of unbranched alkanes of at least 4 members (excludes halogenated alkanes) is 84. The molecular weight excluding hydrogens is 1690 g/mol. The quantitative estimate of drug-likeness (QED) is 0.0327. The molecule has 4 unspecified atom stereocenters. The van der Waals surface area contributed by atoms with Crippen molar-refractivity contribution in [2.75, 3.05) is 39.6 Å². The highest BCUT2D eigenvalue weighted by molar-refractivity contribution is 7.80. The number of rotatable bonds is 116. The molecule has 0 aromatic rings. The SMILES string of the molecule is CCCCCCCC/C=C\CCCCCCCCOP(=O)(OCCCCCCCC/C=C\CCCCCCCC)C(CCCCCCCCCCCCCCCCC)P(=O)(OCCCCCCCCCCCCCCCCCC)OP(=O)(OCCCCCCCCCC)C(CCCCCCCCC)P(=O)(OCCCCCCCCCCCC)OCCCCCCCCCCCC. The van der Waals surface area contributed by atoms with E-state index in [-0.39, 0.29) is 52.5 Å². The number of hydrogen-bond acceptors (Lipinski definition) is 11. The van der Waals surface area contributed by atoms with Crippen LogP contribution in [-0.2, 0) is 49.7 Å². The summed E-state index contributed by atoms with van der Waals surface area (Å²) in [5.74, 6) is 0. The number of hydrogen-bond donors (Lipinski definition) is 0. The van der Waals surface area contributed by atoms with Crippen LogP contribution in [0.4, 0.5) is 0 Å². The lowest BCUT2D eigenvalue weighted by Crippen LogP contribution is -2.22. The van der Waals surface area contributed by atoms with Crippen molar-refractivity contribution in [1.82, 2.24) is 0 Å². The predicted octanol–water partition coefficient (Wildman–Crippen LogP) is 45.2. The zero-order valence-electron chi connectivity index (χ0n) is 89.9. The van der Waals surface area contributed by atoms with Gasteiger partial charge in [0.2, 0.25) is 0 Å². The highest BCUT2D eigenvalue weighted by Gasteiger charge is 2.59. The van der Waals surface area contributed by atoms with Crippen LogP contribution >= 0.6 is 30.4 Å². The minimum Gasteiger partial charge on any atom is -0.308 e. The van der Waals surface area contributed by atoms with Gasteiger partial charge in [0.1, 0.15) is 0 Å². The molecule has 4 atom stereocenters. The molecule has 15 heteroatoms. The maximum Gasteiger partial charge on any atom is 0.352 e. The first-order valence-corrected chi connectivity index (χ1v) is 66.2. The molecule has 131 heavy (non-hydrogen) atoms. The normalized spacial score (nSPS) is 13.7. The maximum atomic E-state index is 18.0. The van der Waals surface area contributed by atoms with Crippen LogP contribution in [0.3, 0.4) is 0 Å². The predicted molar refractivity (Wildman–Crippen MR) is 582 cm³/mol. The highest BCUT2D eigenvalue weighted by Crippen LogP contribution is 2.82. The standard InChI is InChI=1S/C116H234O11P4/c1-9-17-25-33-41-48-54-58-62-66-70-74-80-88-95-103-111-123-129(118,124-112-104-96-89-81-75-71-67-63-59-55-49-42-34-26-18-10-2)116(108-100-92-84-77-73-69-65-61-57-51-44-36-28-20-12-4)131(120,126-114-106-98-90-82-76-72-68-64-60-56-50-43-35-27-19-11-3)127-130(119,125-113-105-97-85-47-39-31-23-15-7)115(107-99-91-83-40-32-24-16-8)128(117,121-109-101-93-86-78-52-45-37-29-21-13-5)122-110-102-94-87-79-53-46-38-30-22-14-6/h58-59,62-63,115-116H,9-57,60-61,64-114H2,1-8H3/b62-58-,63-59-. The maximum absolute atomic E-state index is 18.0. The molecule has 0 aliphatic heterocycles. The molecule has 0 saturated carbocycles. The molecule has 0 spiro atoms. The van der Waals surface area contributed by atoms with E-state index in [1.54, 1.807) is 0 Å². The molecule has 0 bridgehead atoms. The molecule has 0 aromatic carbocycles. The number of allylic oxidation sites excluding steroid dienone is 4. The lowest BCUT2D eigenvalue weighted by Gasteiger charge is -2.37.